The Balaban J connectivity index is 1.57. The van der Waals surface area contributed by atoms with Crippen LogP contribution in [0.5, 0.6) is 5.75 Å². The number of carbonyl (C=O) groups is 1. The zero-order valence-corrected chi connectivity index (χ0v) is 17.3. The van der Waals surface area contributed by atoms with Gasteiger partial charge in [-0.25, -0.2) is 4.39 Å². The van der Waals surface area contributed by atoms with Crippen LogP contribution in [0.25, 0.3) is 11.5 Å². The van der Waals surface area contributed by atoms with E-state index < -0.39 is 5.25 Å². The standard InChI is InChI=1S/C23H18FN3O3S/c1-29-19-9-5-8-18(14-19)25-21(28)20(15-6-3-2-4-7-15)31-23-27-26-22(30-23)16-10-12-17(24)13-11-16/h2-14,20H,1H3,(H,25,28). The summed E-state index contributed by atoms with van der Waals surface area (Å²) in [6.07, 6.45) is 0. The molecule has 1 amide bonds. The number of ether oxygens (including phenoxy) is 1. The lowest BCUT2D eigenvalue weighted by molar-refractivity contribution is -0.115. The molecule has 3 aromatic carbocycles. The average molecular weight is 435 g/mol. The minimum absolute atomic E-state index is 0.231. The second-order valence-corrected chi connectivity index (χ2v) is 7.57. The third-order valence-electron chi connectivity index (χ3n) is 4.39. The first kappa shape index (κ1) is 20.6. The largest absolute Gasteiger partial charge is 0.497 e. The predicted octanol–water partition coefficient (Wildman–Crippen LogP) is 5.36. The maximum atomic E-state index is 13.2. The van der Waals surface area contributed by atoms with Gasteiger partial charge in [0.05, 0.1) is 7.11 Å². The summed E-state index contributed by atoms with van der Waals surface area (Å²) in [5.74, 6) is 0.298. The van der Waals surface area contributed by atoms with Crippen LogP contribution in [0.15, 0.2) is 88.5 Å². The zero-order chi connectivity index (χ0) is 21.6. The molecule has 0 aliphatic heterocycles. The molecule has 4 rings (SSSR count). The molecule has 8 heteroatoms. The summed E-state index contributed by atoms with van der Waals surface area (Å²) in [6.45, 7) is 0. The number of aromatic nitrogens is 2. The maximum absolute atomic E-state index is 13.2. The van der Waals surface area contributed by atoms with Gasteiger partial charge in [0.15, 0.2) is 0 Å². The number of hydrogen-bond donors (Lipinski definition) is 1. The van der Waals surface area contributed by atoms with Crippen molar-refractivity contribution in [1.29, 1.82) is 0 Å². The molecule has 1 aromatic heterocycles. The fourth-order valence-electron chi connectivity index (χ4n) is 2.88. The van der Waals surface area contributed by atoms with Crippen LogP contribution < -0.4 is 10.1 Å². The molecule has 1 atom stereocenters. The van der Waals surface area contributed by atoms with Gasteiger partial charge in [0, 0.05) is 17.3 Å². The number of nitrogens with one attached hydrogen (secondary N) is 1. The molecule has 0 aliphatic carbocycles. The lowest BCUT2D eigenvalue weighted by Gasteiger charge is -2.15. The molecule has 4 aromatic rings. The Morgan fingerprint density at radius 2 is 1.81 bits per heavy atom. The quantitative estimate of drug-likeness (QED) is 0.394. The smallest absolute Gasteiger partial charge is 0.277 e. The van der Waals surface area contributed by atoms with Gasteiger partial charge < -0.3 is 14.5 Å². The topological polar surface area (TPSA) is 77.2 Å². The number of hydrogen-bond acceptors (Lipinski definition) is 6. The van der Waals surface area contributed by atoms with E-state index in [9.17, 15) is 9.18 Å². The predicted molar refractivity (Wildman–Crippen MR) is 116 cm³/mol. The molecule has 0 bridgehead atoms. The molecule has 0 saturated carbocycles. The highest BCUT2D eigenvalue weighted by Crippen LogP contribution is 2.36. The molecular weight excluding hydrogens is 417 g/mol. The number of rotatable bonds is 7. The number of anilines is 1. The van der Waals surface area contributed by atoms with Crippen LogP contribution in [0, 0.1) is 5.82 Å². The van der Waals surface area contributed by atoms with E-state index in [1.54, 1.807) is 43.5 Å². The Morgan fingerprint density at radius 1 is 1.03 bits per heavy atom. The van der Waals surface area contributed by atoms with Crippen molar-refractivity contribution in [1.82, 2.24) is 10.2 Å². The van der Waals surface area contributed by atoms with Crippen LogP contribution in [-0.4, -0.2) is 23.2 Å². The third-order valence-corrected chi connectivity index (χ3v) is 5.48. The van der Waals surface area contributed by atoms with Gasteiger partial charge >= 0.3 is 0 Å². The first-order valence-corrected chi connectivity index (χ1v) is 10.3. The van der Waals surface area contributed by atoms with Crippen LogP contribution in [0.1, 0.15) is 10.8 Å². The van der Waals surface area contributed by atoms with Gasteiger partial charge in [-0.2, -0.15) is 0 Å². The maximum Gasteiger partial charge on any atom is 0.277 e. The van der Waals surface area contributed by atoms with Gasteiger partial charge in [0.1, 0.15) is 16.8 Å². The third kappa shape index (κ3) is 5.10. The monoisotopic (exact) mass is 435 g/mol. The SMILES string of the molecule is COc1cccc(NC(=O)C(Sc2nnc(-c3ccc(F)cc3)o2)c2ccccc2)c1. The van der Waals surface area contributed by atoms with E-state index >= 15 is 0 Å². The summed E-state index contributed by atoms with van der Waals surface area (Å²) < 4.78 is 24.1. The van der Waals surface area contributed by atoms with Crippen molar-refractivity contribution in [3.63, 3.8) is 0 Å². The van der Waals surface area contributed by atoms with E-state index in [2.05, 4.69) is 15.5 Å². The highest BCUT2D eigenvalue weighted by molar-refractivity contribution is 8.00. The van der Waals surface area contributed by atoms with Crippen molar-refractivity contribution in [3.05, 3.63) is 90.2 Å². The minimum Gasteiger partial charge on any atom is -0.497 e. The van der Waals surface area contributed by atoms with Crippen molar-refractivity contribution < 1.29 is 18.3 Å². The van der Waals surface area contributed by atoms with E-state index in [0.29, 0.717) is 17.0 Å². The first-order chi connectivity index (χ1) is 15.1. The molecule has 0 spiro atoms. The molecule has 6 nitrogen and oxygen atoms in total. The highest BCUT2D eigenvalue weighted by Gasteiger charge is 2.25. The van der Waals surface area contributed by atoms with Gasteiger partial charge in [-0.1, -0.05) is 36.4 Å². The lowest BCUT2D eigenvalue weighted by atomic mass is 10.1. The van der Waals surface area contributed by atoms with E-state index in [1.807, 2.05) is 30.3 Å². The second-order valence-electron chi connectivity index (χ2n) is 6.51. The van der Waals surface area contributed by atoms with Crippen LogP contribution in [0.2, 0.25) is 0 Å². The summed E-state index contributed by atoms with van der Waals surface area (Å²) in [7, 11) is 1.57. The Hall–Kier alpha value is -3.65. The van der Waals surface area contributed by atoms with Crippen LogP contribution >= 0.6 is 11.8 Å². The summed E-state index contributed by atoms with van der Waals surface area (Å²) in [4.78, 5) is 13.1. The van der Waals surface area contributed by atoms with E-state index in [4.69, 9.17) is 9.15 Å². The van der Waals surface area contributed by atoms with Crippen molar-refractivity contribution in [3.8, 4) is 17.2 Å². The van der Waals surface area contributed by atoms with Crippen molar-refractivity contribution in [2.75, 3.05) is 12.4 Å². The molecule has 0 aliphatic rings. The average Bonchev–Trinajstić information content (AvgIpc) is 3.27. The highest BCUT2D eigenvalue weighted by atomic mass is 32.2. The van der Waals surface area contributed by atoms with Crippen molar-refractivity contribution >= 4 is 23.4 Å². The molecule has 1 N–H and O–H groups in total. The summed E-state index contributed by atoms with van der Waals surface area (Å²) in [5.41, 5.74) is 2.00. The van der Waals surface area contributed by atoms with Crippen LogP contribution in [0.3, 0.4) is 0 Å². The molecule has 0 radical (unpaired) electrons. The molecule has 1 heterocycles. The Labute approximate surface area is 182 Å². The van der Waals surface area contributed by atoms with E-state index in [1.165, 1.54) is 12.1 Å². The number of thioether (sulfide) groups is 1. The van der Waals surface area contributed by atoms with Gasteiger partial charge in [0.25, 0.3) is 5.22 Å². The molecule has 0 fully saturated rings. The Bertz CT molecular complexity index is 1170. The first-order valence-electron chi connectivity index (χ1n) is 9.38. The van der Waals surface area contributed by atoms with Gasteiger partial charge in [-0.3, -0.25) is 4.79 Å². The molecule has 31 heavy (non-hydrogen) atoms. The number of amides is 1. The van der Waals surface area contributed by atoms with E-state index in [-0.39, 0.29) is 22.8 Å². The normalized spacial score (nSPS) is 11.7. The lowest BCUT2D eigenvalue weighted by Crippen LogP contribution is -2.19. The van der Waals surface area contributed by atoms with Crippen LogP contribution in [-0.2, 0) is 4.79 Å². The molecular formula is C23H18FN3O3S. The number of halogens is 1. The van der Waals surface area contributed by atoms with Crippen LogP contribution in [0.4, 0.5) is 10.1 Å². The summed E-state index contributed by atoms with van der Waals surface area (Å²) >= 11 is 1.14. The Morgan fingerprint density at radius 3 is 2.55 bits per heavy atom. The number of nitrogens with zero attached hydrogens (tertiary/aromatic N) is 2. The van der Waals surface area contributed by atoms with Gasteiger partial charge in [-0.05, 0) is 53.7 Å². The van der Waals surface area contributed by atoms with Crippen molar-refractivity contribution in [2.45, 2.75) is 10.5 Å². The fraction of sp³-hybridized carbons (Fsp3) is 0.0870. The summed E-state index contributed by atoms with van der Waals surface area (Å²) in [5, 5.41) is 10.6. The van der Waals surface area contributed by atoms with Gasteiger partial charge in [-0.15, -0.1) is 10.2 Å². The number of benzene rings is 3. The zero-order valence-electron chi connectivity index (χ0n) is 16.5. The second kappa shape index (κ2) is 9.44. The fourth-order valence-corrected chi connectivity index (χ4v) is 3.75. The van der Waals surface area contributed by atoms with Crippen molar-refractivity contribution in [2.24, 2.45) is 0 Å². The van der Waals surface area contributed by atoms with Gasteiger partial charge in [0.2, 0.25) is 11.8 Å². The Kier molecular flexibility index (Phi) is 6.28. The van der Waals surface area contributed by atoms with E-state index in [0.717, 1.165) is 17.3 Å². The molecule has 0 saturated heterocycles. The molecule has 156 valence electrons. The number of carbonyl (C=O) groups excluding carboxylic acids is 1. The minimum atomic E-state index is -0.631. The summed E-state index contributed by atoms with van der Waals surface area (Å²) in [6, 6.07) is 22.2. The molecule has 1 unspecified atom stereocenters. The number of methoxy groups -OCH3 is 1.